The van der Waals surface area contributed by atoms with Crippen LogP contribution in [0.5, 0.6) is 0 Å². The molecule has 0 saturated heterocycles. The Bertz CT molecular complexity index is 267. The summed E-state index contributed by atoms with van der Waals surface area (Å²) in [5.41, 5.74) is 7.22. The van der Waals surface area contributed by atoms with Gasteiger partial charge in [0.2, 0.25) is 0 Å². The van der Waals surface area contributed by atoms with Crippen LogP contribution >= 0.6 is 0 Å². The van der Waals surface area contributed by atoms with E-state index in [1.165, 1.54) is 5.56 Å². The van der Waals surface area contributed by atoms with Crippen LogP contribution in [0.4, 0.5) is 0 Å². The van der Waals surface area contributed by atoms with Gasteiger partial charge < -0.3 is 10.6 Å². The van der Waals surface area contributed by atoms with Crippen molar-refractivity contribution >= 4 is 0 Å². The zero-order valence-electron chi connectivity index (χ0n) is 9.27. The molecule has 0 aliphatic heterocycles. The van der Waals surface area contributed by atoms with Crippen molar-refractivity contribution in [3.8, 4) is 0 Å². The van der Waals surface area contributed by atoms with E-state index < -0.39 is 0 Å². The molecule has 4 nitrogen and oxygen atoms in total. The van der Waals surface area contributed by atoms with Gasteiger partial charge in [0.05, 0.1) is 6.20 Å². The highest BCUT2D eigenvalue weighted by atomic mass is 15.2. The lowest BCUT2D eigenvalue weighted by atomic mass is 10.1. The molecule has 80 valence electrons. The standard InChI is InChI=1S/C10H20N4/c1-13(2)5-4-10(11)6-9-7-12-14(3)8-9/h7-8,10H,4-6,11H2,1-3H3. The summed E-state index contributed by atoms with van der Waals surface area (Å²) in [4.78, 5) is 2.16. The first-order valence-electron chi connectivity index (χ1n) is 4.95. The van der Waals surface area contributed by atoms with Crippen molar-refractivity contribution in [2.75, 3.05) is 20.6 Å². The molecule has 0 saturated carbocycles. The van der Waals surface area contributed by atoms with Crippen LogP contribution in [0.3, 0.4) is 0 Å². The summed E-state index contributed by atoms with van der Waals surface area (Å²) >= 11 is 0. The van der Waals surface area contributed by atoms with Crippen LogP contribution in [0.25, 0.3) is 0 Å². The number of hydrogen-bond donors (Lipinski definition) is 1. The number of hydrogen-bond acceptors (Lipinski definition) is 3. The van der Waals surface area contributed by atoms with Gasteiger partial charge in [-0.2, -0.15) is 5.10 Å². The highest BCUT2D eigenvalue weighted by Gasteiger charge is 2.05. The minimum absolute atomic E-state index is 0.238. The average molecular weight is 196 g/mol. The smallest absolute Gasteiger partial charge is 0.0522 e. The summed E-state index contributed by atoms with van der Waals surface area (Å²) in [6.07, 6.45) is 5.86. The molecular weight excluding hydrogens is 176 g/mol. The minimum atomic E-state index is 0.238. The molecule has 1 rings (SSSR count). The molecule has 1 unspecified atom stereocenters. The second kappa shape index (κ2) is 5.12. The summed E-state index contributed by atoms with van der Waals surface area (Å²) in [7, 11) is 6.06. The Labute approximate surface area is 85.7 Å². The molecule has 1 aromatic heterocycles. The van der Waals surface area contributed by atoms with Crippen molar-refractivity contribution in [2.45, 2.75) is 18.9 Å². The SMILES string of the molecule is CN(C)CCC(N)Cc1cnn(C)c1. The van der Waals surface area contributed by atoms with E-state index in [0.717, 1.165) is 19.4 Å². The van der Waals surface area contributed by atoms with Crippen LogP contribution in [0, 0.1) is 0 Å². The van der Waals surface area contributed by atoms with E-state index in [1.807, 2.05) is 24.1 Å². The van der Waals surface area contributed by atoms with Crippen molar-refractivity contribution < 1.29 is 0 Å². The molecule has 0 aliphatic carbocycles. The van der Waals surface area contributed by atoms with Crippen molar-refractivity contribution in [2.24, 2.45) is 12.8 Å². The molecule has 0 bridgehead atoms. The Morgan fingerprint density at radius 2 is 2.29 bits per heavy atom. The third-order valence-electron chi connectivity index (χ3n) is 2.20. The maximum Gasteiger partial charge on any atom is 0.0522 e. The van der Waals surface area contributed by atoms with Gasteiger partial charge in [-0.05, 0) is 39.0 Å². The first-order valence-corrected chi connectivity index (χ1v) is 4.95. The van der Waals surface area contributed by atoms with Crippen molar-refractivity contribution in [1.82, 2.24) is 14.7 Å². The largest absolute Gasteiger partial charge is 0.327 e. The molecule has 0 aromatic carbocycles. The van der Waals surface area contributed by atoms with Gasteiger partial charge >= 0.3 is 0 Å². The van der Waals surface area contributed by atoms with Crippen molar-refractivity contribution in [1.29, 1.82) is 0 Å². The van der Waals surface area contributed by atoms with E-state index in [2.05, 4.69) is 24.1 Å². The van der Waals surface area contributed by atoms with E-state index in [-0.39, 0.29) is 6.04 Å². The fourth-order valence-corrected chi connectivity index (χ4v) is 1.41. The summed E-state index contributed by atoms with van der Waals surface area (Å²) in [6, 6.07) is 0.238. The zero-order chi connectivity index (χ0) is 10.6. The second-order valence-corrected chi connectivity index (χ2v) is 4.08. The van der Waals surface area contributed by atoms with E-state index in [0.29, 0.717) is 0 Å². The maximum absolute atomic E-state index is 6.00. The summed E-state index contributed by atoms with van der Waals surface area (Å²) in [5, 5.41) is 4.12. The van der Waals surface area contributed by atoms with Gasteiger partial charge in [-0.1, -0.05) is 0 Å². The topological polar surface area (TPSA) is 47.1 Å². The summed E-state index contributed by atoms with van der Waals surface area (Å²) < 4.78 is 1.81. The first-order chi connectivity index (χ1) is 6.58. The molecule has 0 radical (unpaired) electrons. The molecule has 1 atom stereocenters. The van der Waals surface area contributed by atoms with Gasteiger partial charge in [0.15, 0.2) is 0 Å². The lowest BCUT2D eigenvalue weighted by Gasteiger charge is -2.14. The molecule has 2 N–H and O–H groups in total. The Balaban J connectivity index is 2.30. The van der Waals surface area contributed by atoms with Crippen LogP contribution in [0.15, 0.2) is 12.4 Å². The third-order valence-corrected chi connectivity index (χ3v) is 2.20. The molecule has 0 spiro atoms. The quantitative estimate of drug-likeness (QED) is 0.734. The Morgan fingerprint density at radius 3 is 2.79 bits per heavy atom. The van der Waals surface area contributed by atoms with Crippen LogP contribution < -0.4 is 5.73 Å². The molecule has 0 amide bonds. The van der Waals surface area contributed by atoms with Gasteiger partial charge in [0.25, 0.3) is 0 Å². The van der Waals surface area contributed by atoms with Gasteiger partial charge in [0, 0.05) is 19.3 Å². The predicted molar refractivity (Wildman–Crippen MR) is 58.1 cm³/mol. The molecule has 4 heteroatoms. The number of nitrogens with two attached hydrogens (primary N) is 1. The summed E-state index contributed by atoms with van der Waals surface area (Å²) in [6.45, 7) is 1.04. The molecule has 1 heterocycles. The third kappa shape index (κ3) is 3.89. The van der Waals surface area contributed by atoms with E-state index >= 15 is 0 Å². The lowest BCUT2D eigenvalue weighted by Crippen LogP contribution is -2.27. The average Bonchev–Trinajstić information content (AvgIpc) is 2.48. The van der Waals surface area contributed by atoms with Gasteiger partial charge in [-0.25, -0.2) is 0 Å². The van der Waals surface area contributed by atoms with Crippen LogP contribution in [0.1, 0.15) is 12.0 Å². The Morgan fingerprint density at radius 1 is 1.57 bits per heavy atom. The maximum atomic E-state index is 6.00. The fraction of sp³-hybridized carbons (Fsp3) is 0.700. The van der Waals surface area contributed by atoms with Gasteiger partial charge in [-0.3, -0.25) is 4.68 Å². The van der Waals surface area contributed by atoms with Crippen LogP contribution in [-0.2, 0) is 13.5 Å². The number of nitrogens with zero attached hydrogens (tertiary/aromatic N) is 3. The summed E-state index contributed by atoms with van der Waals surface area (Å²) in [5.74, 6) is 0. The van der Waals surface area contributed by atoms with Crippen LogP contribution in [0.2, 0.25) is 0 Å². The monoisotopic (exact) mass is 196 g/mol. The molecule has 1 aromatic rings. The molecule has 0 aliphatic rings. The zero-order valence-corrected chi connectivity index (χ0v) is 9.27. The molecule has 0 fully saturated rings. The van der Waals surface area contributed by atoms with E-state index in [9.17, 15) is 0 Å². The molecule has 14 heavy (non-hydrogen) atoms. The normalized spacial score (nSPS) is 13.5. The molecular formula is C10H20N4. The van der Waals surface area contributed by atoms with Gasteiger partial charge in [0.1, 0.15) is 0 Å². The van der Waals surface area contributed by atoms with Crippen molar-refractivity contribution in [3.63, 3.8) is 0 Å². The second-order valence-electron chi connectivity index (χ2n) is 4.08. The minimum Gasteiger partial charge on any atom is -0.327 e. The number of rotatable bonds is 5. The number of aromatic nitrogens is 2. The lowest BCUT2D eigenvalue weighted by molar-refractivity contribution is 0.379. The van der Waals surface area contributed by atoms with E-state index in [4.69, 9.17) is 5.73 Å². The Kier molecular flexibility index (Phi) is 4.10. The van der Waals surface area contributed by atoms with Gasteiger partial charge in [-0.15, -0.1) is 0 Å². The number of aryl methyl sites for hydroxylation is 1. The first kappa shape index (κ1) is 11.2. The van der Waals surface area contributed by atoms with Crippen molar-refractivity contribution in [3.05, 3.63) is 18.0 Å². The highest BCUT2D eigenvalue weighted by Crippen LogP contribution is 2.02. The predicted octanol–water partition coefficient (Wildman–Crippen LogP) is 0.242. The fourth-order valence-electron chi connectivity index (χ4n) is 1.41. The van der Waals surface area contributed by atoms with E-state index in [1.54, 1.807) is 0 Å². The highest BCUT2D eigenvalue weighted by molar-refractivity contribution is 5.05. The Hall–Kier alpha value is -0.870. The van der Waals surface area contributed by atoms with Crippen LogP contribution in [-0.4, -0.2) is 41.4 Å².